The van der Waals surface area contributed by atoms with E-state index in [9.17, 15) is 14.0 Å². The highest BCUT2D eigenvalue weighted by molar-refractivity contribution is 7.18. The fourth-order valence-electron chi connectivity index (χ4n) is 3.09. The highest BCUT2D eigenvalue weighted by Crippen LogP contribution is 2.26. The van der Waals surface area contributed by atoms with E-state index in [1.807, 2.05) is 30.5 Å². The van der Waals surface area contributed by atoms with Crippen molar-refractivity contribution in [2.75, 3.05) is 0 Å². The molecule has 4 aromatic rings. The monoisotopic (exact) mass is 427 g/mol. The number of halogens is 1. The van der Waals surface area contributed by atoms with Crippen molar-refractivity contribution >= 4 is 38.8 Å². The summed E-state index contributed by atoms with van der Waals surface area (Å²) in [5.74, 6) is -0.653. The molecule has 0 aliphatic heterocycles. The minimum absolute atomic E-state index is 0.137. The van der Waals surface area contributed by atoms with Gasteiger partial charge in [-0.1, -0.05) is 25.1 Å². The van der Waals surface area contributed by atoms with Crippen LogP contribution in [-0.4, -0.2) is 15.5 Å². The number of fused-ring (bicyclic) bond motifs is 1. The smallest absolute Gasteiger partial charge is 0.262 e. The molecule has 1 aromatic carbocycles. The lowest BCUT2D eigenvalue weighted by Crippen LogP contribution is -2.35. The fourth-order valence-corrected chi connectivity index (χ4v) is 4.82. The molecule has 5 nitrogen and oxygen atoms in total. The van der Waals surface area contributed by atoms with Crippen LogP contribution in [0.4, 0.5) is 4.39 Å². The summed E-state index contributed by atoms with van der Waals surface area (Å²) in [6, 6.07) is 11.3. The summed E-state index contributed by atoms with van der Waals surface area (Å²) in [4.78, 5) is 32.5. The molecule has 1 N–H and O–H groups in total. The Kier molecular flexibility index (Phi) is 5.55. The van der Waals surface area contributed by atoms with Crippen molar-refractivity contribution in [3.05, 3.63) is 85.7 Å². The minimum Gasteiger partial charge on any atom is -0.343 e. The normalized spacial score (nSPS) is 12.2. The number of nitrogens with zero attached hydrogens (tertiary/aromatic N) is 2. The van der Waals surface area contributed by atoms with Crippen LogP contribution in [0.5, 0.6) is 0 Å². The number of amides is 1. The van der Waals surface area contributed by atoms with Gasteiger partial charge in [-0.25, -0.2) is 9.37 Å². The third-order valence-corrected chi connectivity index (χ3v) is 6.69. The van der Waals surface area contributed by atoms with E-state index in [-0.39, 0.29) is 23.8 Å². The summed E-state index contributed by atoms with van der Waals surface area (Å²) in [7, 11) is 0. The number of hydrogen-bond acceptors (Lipinski definition) is 5. The van der Waals surface area contributed by atoms with Gasteiger partial charge in [-0.05, 0) is 41.6 Å². The van der Waals surface area contributed by atoms with Crippen LogP contribution in [0.25, 0.3) is 10.2 Å². The molecule has 0 radical (unpaired) electrons. The number of carbonyl (C=O) groups is 1. The van der Waals surface area contributed by atoms with E-state index < -0.39 is 6.04 Å². The molecule has 1 amide bonds. The maximum absolute atomic E-state index is 13.3. The number of thiophene rings is 2. The van der Waals surface area contributed by atoms with E-state index in [0.717, 1.165) is 21.7 Å². The van der Waals surface area contributed by atoms with Gasteiger partial charge in [-0.2, -0.15) is 0 Å². The largest absolute Gasteiger partial charge is 0.343 e. The van der Waals surface area contributed by atoms with Crippen LogP contribution < -0.4 is 10.9 Å². The average Bonchev–Trinajstić information content (AvgIpc) is 3.39. The van der Waals surface area contributed by atoms with E-state index in [1.54, 1.807) is 12.1 Å². The molecule has 29 heavy (non-hydrogen) atoms. The number of benzene rings is 1. The average molecular weight is 428 g/mol. The topological polar surface area (TPSA) is 64.0 Å². The fraction of sp³-hybridized carbons (Fsp3) is 0.190. The van der Waals surface area contributed by atoms with Crippen molar-refractivity contribution in [2.45, 2.75) is 25.9 Å². The Morgan fingerprint density at radius 2 is 2.07 bits per heavy atom. The van der Waals surface area contributed by atoms with E-state index >= 15 is 0 Å². The molecular formula is C21H18FN3O2S2. The first kappa shape index (κ1) is 19.5. The van der Waals surface area contributed by atoms with Gasteiger partial charge in [0.05, 0.1) is 17.8 Å². The second-order valence-electron chi connectivity index (χ2n) is 6.53. The maximum Gasteiger partial charge on any atom is 0.262 e. The van der Waals surface area contributed by atoms with Crippen molar-refractivity contribution in [1.29, 1.82) is 0 Å². The molecule has 1 atom stereocenters. The molecule has 0 saturated heterocycles. The molecule has 1 unspecified atom stereocenters. The number of nitrogens with one attached hydrogen (secondary N) is 1. The Morgan fingerprint density at radius 3 is 2.76 bits per heavy atom. The van der Waals surface area contributed by atoms with Gasteiger partial charge in [0.15, 0.2) is 0 Å². The predicted molar refractivity (Wildman–Crippen MR) is 114 cm³/mol. The first-order chi connectivity index (χ1) is 14.0. The number of hydrogen-bond donors (Lipinski definition) is 1. The highest BCUT2D eigenvalue weighted by atomic mass is 32.1. The van der Waals surface area contributed by atoms with E-state index in [0.29, 0.717) is 10.2 Å². The summed E-state index contributed by atoms with van der Waals surface area (Å²) in [5, 5.41) is 5.42. The molecule has 148 valence electrons. The predicted octanol–water partition coefficient (Wildman–Crippen LogP) is 4.13. The van der Waals surface area contributed by atoms with Gasteiger partial charge in [0, 0.05) is 9.75 Å². The van der Waals surface area contributed by atoms with E-state index in [2.05, 4.69) is 10.3 Å². The van der Waals surface area contributed by atoms with E-state index in [1.165, 1.54) is 45.7 Å². The van der Waals surface area contributed by atoms with Crippen molar-refractivity contribution in [3.8, 4) is 0 Å². The lowest BCUT2D eigenvalue weighted by molar-refractivity contribution is -0.122. The van der Waals surface area contributed by atoms with Crippen LogP contribution in [-0.2, 0) is 17.8 Å². The maximum atomic E-state index is 13.3. The van der Waals surface area contributed by atoms with Crippen LogP contribution in [0, 0.1) is 5.82 Å². The first-order valence-corrected chi connectivity index (χ1v) is 10.8. The Bertz CT molecular complexity index is 1200. The van der Waals surface area contributed by atoms with Crippen LogP contribution in [0.15, 0.2) is 59.0 Å². The molecule has 3 heterocycles. The highest BCUT2D eigenvalue weighted by Gasteiger charge is 2.19. The third-order valence-electron chi connectivity index (χ3n) is 4.57. The van der Waals surface area contributed by atoms with Crippen molar-refractivity contribution in [2.24, 2.45) is 0 Å². The molecule has 0 saturated carbocycles. The van der Waals surface area contributed by atoms with Crippen LogP contribution in [0.1, 0.15) is 28.3 Å². The molecule has 8 heteroatoms. The van der Waals surface area contributed by atoms with Crippen molar-refractivity contribution in [1.82, 2.24) is 14.9 Å². The second-order valence-corrected chi connectivity index (χ2v) is 8.62. The molecule has 0 spiro atoms. The Labute approximate surface area is 174 Å². The number of rotatable bonds is 6. The summed E-state index contributed by atoms with van der Waals surface area (Å²) < 4.78 is 14.6. The number of carbonyl (C=O) groups excluding carboxylic acids is 1. The zero-order valence-electron chi connectivity index (χ0n) is 15.6. The quantitative estimate of drug-likeness (QED) is 0.503. The second kappa shape index (κ2) is 8.26. The van der Waals surface area contributed by atoms with Crippen molar-refractivity contribution < 1.29 is 9.18 Å². The first-order valence-electron chi connectivity index (χ1n) is 9.11. The molecule has 3 aromatic heterocycles. The lowest BCUT2D eigenvalue weighted by atomic mass is 10.1. The number of aromatic nitrogens is 2. The van der Waals surface area contributed by atoms with Crippen LogP contribution in [0.2, 0.25) is 0 Å². The zero-order chi connectivity index (χ0) is 20.4. The summed E-state index contributed by atoms with van der Waals surface area (Å²) in [6.07, 6.45) is 2.25. The van der Waals surface area contributed by atoms with Gasteiger partial charge in [0.2, 0.25) is 5.91 Å². The van der Waals surface area contributed by atoms with Gasteiger partial charge in [-0.3, -0.25) is 14.2 Å². The Balaban J connectivity index is 1.58. The molecule has 4 rings (SSSR count). The van der Waals surface area contributed by atoms with Gasteiger partial charge in [0.1, 0.15) is 17.2 Å². The SMILES string of the molecule is CCc1cc2c(=O)n(CC(=O)NC(c3ccc(F)cc3)c3cccs3)cnc2s1. The minimum atomic E-state index is -0.414. The van der Waals surface area contributed by atoms with Gasteiger partial charge < -0.3 is 5.32 Å². The van der Waals surface area contributed by atoms with Crippen LogP contribution in [0.3, 0.4) is 0 Å². The van der Waals surface area contributed by atoms with Crippen LogP contribution >= 0.6 is 22.7 Å². The molecule has 0 fully saturated rings. The Morgan fingerprint density at radius 1 is 1.28 bits per heavy atom. The molecular weight excluding hydrogens is 409 g/mol. The van der Waals surface area contributed by atoms with Gasteiger partial charge in [0.25, 0.3) is 5.56 Å². The molecule has 0 aliphatic carbocycles. The van der Waals surface area contributed by atoms with Gasteiger partial charge >= 0.3 is 0 Å². The molecule has 0 bridgehead atoms. The number of aryl methyl sites for hydroxylation is 1. The summed E-state index contributed by atoms with van der Waals surface area (Å²) >= 11 is 2.99. The van der Waals surface area contributed by atoms with E-state index in [4.69, 9.17) is 0 Å². The Hall–Kier alpha value is -2.84. The lowest BCUT2D eigenvalue weighted by Gasteiger charge is -2.18. The summed E-state index contributed by atoms with van der Waals surface area (Å²) in [5.41, 5.74) is 0.545. The standard InChI is InChI=1S/C21H18FN3O2S2/c1-2-15-10-16-20(29-15)23-12-25(21(16)27)11-18(26)24-19(17-4-3-9-28-17)13-5-7-14(22)8-6-13/h3-10,12,19H,2,11H2,1H3,(H,24,26). The summed E-state index contributed by atoms with van der Waals surface area (Å²) in [6.45, 7) is 1.89. The molecule has 0 aliphatic rings. The van der Waals surface area contributed by atoms with Crippen molar-refractivity contribution in [3.63, 3.8) is 0 Å². The van der Waals surface area contributed by atoms with Gasteiger partial charge in [-0.15, -0.1) is 22.7 Å². The third kappa shape index (κ3) is 4.13. The zero-order valence-corrected chi connectivity index (χ0v) is 17.2.